The topological polar surface area (TPSA) is 86.8 Å². The van der Waals surface area contributed by atoms with E-state index in [1.165, 1.54) is 12.3 Å². The molecule has 1 atom stereocenters. The summed E-state index contributed by atoms with van der Waals surface area (Å²) in [5.41, 5.74) is 1.07. The van der Waals surface area contributed by atoms with E-state index in [1.807, 2.05) is 32.0 Å². The van der Waals surface area contributed by atoms with Crippen LogP contribution in [0, 0.1) is 5.92 Å². The number of pyridine rings is 1. The average molecular weight is 384 g/mol. The molecule has 1 aliphatic heterocycles. The number of nitrogens with zero attached hydrogens (tertiary/aromatic N) is 1. The molecule has 0 radical (unpaired) electrons. The number of rotatable bonds is 6. The summed E-state index contributed by atoms with van der Waals surface area (Å²) in [4.78, 5) is 28.2. The minimum atomic E-state index is -0.632. The lowest BCUT2D eigenvalue weighted by molar-refractivity contribution is -0.125. The van der Waals surface area contributed by atoms with Gasteiger partial charge in [0.25, 0.3) is 5.91 Å². The van der Waals surface area contributed by atoms with Crippen LogP contribution in [0.2, 0.25) is 0 Å². The fraction of sp³-hybridized carbons (Fsp3) is 0.381. The van der Waals surface area contributed by atoms with E-state index in [-0.39, 0.29) is 30.2 Å². The number of fused-ring (bicyclic) bond motifs is 1. The van der Waals surface area contributed by atoms with Gasteiger partial charge in [0.05, 0.1) is 19.3 Å². The van der Waals surface area contributed by atoms with E-state index in [0.717, 1.165) is 12.0 Å². The van der Waals surface area contributed by atoms with E-state index in [4.69, 9.17) is 14.2 Å². The van der Waals surface area contributed by atoms with E-state index < -0.39 is 5.97 Å². The van der Waals surface area contributed by atoms with Gasteiger partial charge in [0, 0.05) is 12.6 Å². The van der Waals surface area contributed by atoms with Crippen LogP contribution in [0.1, 0.15) is 42.4 Å². The Morgan fingerprint density at radius 3 is 2.64 bits per heavy atom. The minimum Gasteiger partial charge on any atom is -0.490 e. The van der Waals surface area contributed by atoms with E-state index in [1.54, 1.807) is 12.1 Å². The summed E-state index contributed by atoms with van der Waals surface area (Å²) >= 11 is 0. The first-order valence-corrected chi connectivity index (χ1v) is 9.31. The second-order valence-electron chi connectivity index (χ2n) is 6.84. The molecule has 0 fully saturated rings. The Kier molecular flexibility index (Phi) is 6.47. The predicted octanol–water partition coefficient (Wildman–Crippen LogP) is 2.91. The smallest absolute Gasteiger partial charge is 0.357 e. The molecule has 7 nitrogen and oxygen atoms in total. The molecule has 1 N–H and O–H groups in total. The molecule has 0 aliphatic carbocycles. The lowest BCUT2D eigenvalue weighted by Crippen LogP contribution is -2.35. The number of esters is 1. The maximum atomic E-state index is 12.3. The SMILES string of the molecule is CC(C)[C@@H](NC(=O)COC(=O)c1ccccn1)c1ccc2c(c1)OCCCO2. The van der Waals surface area contributed by atoms with Crippen molar-refractivity contribution < 1.29 is 23.8 Å². The number of carbonyl (C=O) groups excluding carboxylic acids is 2. The molecule has 7 heteroatoms. The standard InChI is InChI=1S/C21H24N2O5/c1-14(2)20(15-7-8-17-18(12-15)27-11-5-10-26-17)23-19(24)13-28-21(25)16-6-3-4-9-22-16/h3-4,6-9,12,14,20H,5,10-11,13H2,1-2H3,(H,23,24)/t20-/m1/s1. The van der Waals surface area contributed by atoms with Crippen LogP contribution < -0.4 is 14.8 Å². The summed E-state index contributed by atoms with van der Waals surface area (Å²) in [6, 6.07) is 10.3. The number of nitrogens with one attached hydrogen (secondary N) is 1. The number of amides is 1. The van der Waals surface area contributed by atoms with Crippen LogP contribution in [0.4, 0.5) is 0 Å². The molecular weight excluding hydrogens is 360 g/mol. The average Bonchev–Trinajstić information content (AvgIpc) is 2.95. The first-order valence-electron chi connectivity index (χ1n) is 9.31. The summed E-state index contributed by atoms with van der Waals surface area (Å²) in [5.74, 6) is 0.499. The normalized spacial score (nSPS) is 14.1. The lowest BCUT2D eigenvalue weighted by atomic mass is 9.95. The lowest BCUT2D eigenvalue weighted by Gasteiger charge is -2.23. The van der Waals surface area contributed by atoms with Gasteiger partial charge in [-0.3, -0.25) is 4.79 Å². The number of aromatic nitrogens is 1. The summed E-state index contributed by atoms with van der Waals surface area (Å²) in [6.45, 7) is 4.86. The van der Waals surface area contributed by atoms with E-state index in [0.29, 0.717) is 24.7 Å². The molecule has 1 aromatic heterocycles. The highest BCUT2D eigenvalue weighted by Crippen LogP contribution is 2.34. The van der Waals surface area contributed by atoms with Crippen molar-refractivity contribution in [3.8, 4) is 11.5 Å². The van der Waals surface area contributed by atoms with Crippen molar-refractivity contribution in [2.24, 2.45) is 5.92 Å². The zero-order valence-corrected chi connectivity index (χ0v) is 16.0. The molecule has 3 rings (SSSR count). The molecule has 0 unspecified atom stereocenters. The fourth-order valence-corrected chi connectivity index (χ4v) is 2.91. The van der Waals surface area contributed by atoms with Gasteiger partial charge in [-0.05, 0) is 35.7 Å². The van der Waals surface area contributed by atoms with Crippen LogP contribution in [0.3, 0.4) is 0 Å². The predicted molar refractivity (Wildman–Crippen MR) is 102 cm³/mol. The maximum absolute atomic E-state index is 12.3. The molecule has 1 aromatic carbocycles. The Morgan fingerprint density at radius 1 is 1.14 bits per heavy atom. The molecule has 2 heterocycles. The van der Waals surface area contributed by atoms with Crippen molar-refractivity contribution in [1.29, 1.82) is 0 Å². The van der Waals surface area contributed by atoms with E-state index in [2.05, 4.69) is 10.3 Å². The van der Waals surface area contributed by atoms with Gasteiger partial charge in [-0.25, -0.2) is 9.78 Å². The first kappa shape index (κ1) is 19.7. The highest BCUT2D eigenvalue weighted by Gasteiger charge is 2.22. The van der Waals surface area contributed by atoms with Crippen molar-refractivity contribution in [3.05, 3.63) is 53.9 Å². The number of carbonyl (C=O) groups is 2. The van der Waals surface area contributed by atoms with Gasteiger partial charge in [0.15, 0.2) is 18.1 Å². The second kappa shape index (κ2) is 9.21. The third-order valence-corrected chi connectivity index (χ3v) is 4.32. The monoisotopic (exact) mass is 384 g/mol. The van der Waals surface area contributed by atoms with Crippen LogP contribution in [-0.4, -0.2) is 36.7 Å². The third-order valence-electron chi connectivity index (χ3n) is 4.32. The molecule has 0 spiro atoms. The molecule has 0 saturated carbocycles. The van der Waals surface area contributed by atoms with Gasteiger partial charge in [-0.15, -0.1) is 0 Å². The van der Waals surface area contributed by atoms with Crippen molar-refractivity contribution in [2.75, 3.05) is 19.8 Å². The van der Waals surface area contributed by atoms with Crippen LogP contribution in [0.15, 0.2) is 42.6 Å². The Balaban J connectivity index is 1.63. The maximum Gasteiger partial charge on any atom is 0.357 e. The van der Waals surface area contributed by atoms with Crippen LogP contribution in [0.5, 0.6) is 11.5 Å². The van der Waals surface area contributed by atoms with Crippen molar-refractivity contribution in [3.63, 3.8) is 0 Å². The Bertz CT molecular complexity index is 823. The molecule has 28 heavy (non-hydrogen) atoms. The van der Waals surface area contributed by atoms with E-state index >= 15 is 0 Å². The third kappa shape index (κ3) is 5.00. The Morgan fingerprint density at radius 2 is 1.93 bits per heavy atom. The summed E-state index contributed by atoms with van der Waals surface area (Å²) in [5, 5.41) is 2.93. The molecule has 148 valence electrons. The van der Waals surface area contributed by atoms with Gasteiger partial charge >= 0.3 is 5.97 Å². The molecule has 1 amide bonds. The number of ether oxygens (including phenoxy) is 3. The largest absolute Gasteiger partial charge is 0.490 e. The summed E-state index contributed by atoms with van der Waals surface area (Å²) in [7, 11) is 0. The van der Waals surface area contributed by atoms with Gasteiger partial charge in [0.2, 0.25) is 0 Å². The zero-order valence-electron chi connectivity index (χ0n) is 16.0. The fourth-order valence-electron chi connectivity index (χ4n) is 2.91. The number of hydrogen-bond acceptors (Lipinski definition) is 6. The second-order valence-corrected chi connectivity index (χ2v) is 6.84. The number of hydrogen-bond donors (Lipinski definition) is 1. The summed E-state index contributed by atoms with van der Waals surface area (Å²) < 4.78 is 16.4. The van der Waals surface area contributed by atoms with Crippen LogP contribution >= 0.6 is 0 Å². The van der Waals surface area contributed by atoms with Crippen LogP contribution in [0.25, 0.3) is 0 Å². The van der Waals surface area contributed by atoms with Gasteiger partial charge in [0.1, 0.15) is 5.69 Å². The highest BCUT2D eigenvalue weighted by molar-refractivity contribution is 5.89. The van der Waals surface area contributed by atoms with Gasteiger partial charge in [-0.1, -0.05) is 26.0 Å². The Labute approximate surface area is 164 Å². The first-order chi connectivity index (χ1) is 13.5. The molecular formula is C21H24N2O5. The molecule has 1 aliphatic rings. The van der Waals surface area contributed by atoms with Crippen LogP contribution in [-0.2, 0) is 9.53 Å². The minimum absolute atomic E-state index is 0.125. The van der Waals surface area contributed by atoms with Gasteiger partial charge in [-0.2, -0.15) is 0 Å². The van der Waals surface area contributed by atoms with Crippen molar-refractivity contribution >= 4 is 11.9 Å². The molecule has 0 bridgehead atoms. The van der Waals surface area contributed by atoms with Crippen molar-refractivity contribution in [1.82, 2.24) is 10.3 Å². The highest BCUT2D eigenvalue weighted by atomic mass is 16.5. The summed E-state index contributed by atoms with van der Waals surface area (Å²) in [6.07, 6.45) is 2.32. The van der Waals surface area contributed by atoms with E-state index in [9.17, 15) is 9.59 Å². The zero-order chi connectivity index (χ0) is 19.9. The van der Waals surface area contributed by atoms with Gasteiger partial charge < -0.3 is 19.5 Å². The molecule has 2 aromatic rings. The number of benzene rings is 1. The molecule has 0 saturated heterocycles. The van der Waals surface area contributed by atoms with Crippen molar-refractivity contribution in [2.45, 2.75) is 26.3 Å². The Hall–Kier alpha value is -3.09. The quantitative estimate of drug-likeness (QED) is 0.771.